The van der Waals surface area contributed by atoms with E-state index in [-0.39, 0.29) is 23.7 Å². The average molecular weight is 427 g/mol. The molecule has 1 aliphatic heterocycles. The van der Waals surface area contributed by atoms with E-state index in [2.05, 4.69) is 25.9 Å². The summed E-state index contributed by atoms with van der Waals surface area (Å²) in [6, 6.07) is 11.0. The number of halogens is 1. The third-order valence-electron chi connectivity index (χ3n) is 5.51. The van der Waals surface area contributed by atoms with E-state index < -0.39 is 0 Å². The fourth-order valence-electron chi connectivity index (χ4n) is 3.46. The number of aromatic nitrogens is 1. The maximum atomic E-state index is 14.0. The van der Waals surface area contributed by atoms with Gasteiger partial charge in [-0.1, -0.05) is 26.0 Å². The molecule has 2 aromatic rings. The minimum Gasteiger partial charge on any atom is -0.352 e. The van der Waals surface area contributed by atoms with Crippen molar-refractivity contribution >= 4 is 23.4 Å². The Labute approximate surface area is 183 Å². The summed E-state index contributed by atoms with van der Waals surface area (Å²) in [5.74, 6) is 0.787. The fraction of sp³-hybridized carbons (Fsp3) is 0.435. The number of benzene rings is 1. The molecule has 2 heterocycles. The number of nitrogens with one attached hydrogen (secondary N) is 3. The lowest BCUT2D eigenvalue weighted by atomic mass is 10.1. The first-order valence-corrected chi connectivity index (χ1v) is 10.7. The molecule has 3 N–H and O–H groups in total. The van der Waals surface area contributed by atoms with E-state index in [1.165, 1.54) is 6.07 Å². The lowest BCUT2D eigenvalue weighted by molar-refractivity contribution is -0.119. The first-order valence-electron chi connectivity index (χ1n) is 10.7. The summed E-state index contributed by atoms with van der Waals surface area (Å²) < 4.78 is 14.0. The molecule has 3 rings (SSSR count). The van der Waals surface area contributed by atoms with Gasteiger partial charge >= 0.3 is 0 Å². The van der Waals surface area contributed by atoms with Crippen molar-refractivity contribution in [2.24, 2.45) is 10.9 Å². The molecule has 0 bridgehead atoms. The molecule has 1 aromatic carbocycles. The van der Waals surface area contributed by atoms with Gasteiger partial charge in [-0.25, -0.2) is 9.37 Å². The van der Waals surface area contributed by atoms with Crippen LogP contribution in [0.1, 0.15) is 32.3 Å². The zero-order chi connectivity index (χ0) is 22.2. The van der Waals surface area contributed by atoms with Gasteiger partial charge in [0, 0.05) is 50.5 Å². The van der Waals surface area contributed by atoms with E-state index in [9.17, 15) is 9.18 Å². The Balaban J connectivity index is 1.52. The summed E-state index contributed by atoms with van der Waals surface area (Å²) in [6.45, 7) is 5.88. The van der Waals surface area contributed by atoms with Gasteiger partial charge in [0.15, 0.2) is 17.6 Å². The molecular formula is C23H31FN6O. The maximum Gasteiger partial charge on any atom is 0.227 e. The van der Waals surface area contributed by atoms with Gasteiger partial charge in [-0.15, -0.1) is 0 Å². The number of hydrogen-bond donors (Lipinski definition) is 3. The minimum absolute atomic E-state index is 0.0182. The number of carbonyl (C=O) groups excluding carboxylic acids is 1. The van der Waals surface area contributed by atoms with Gasteiger partial charge in [-0.2, -0.15) is 0 Å². The van der Waals surface area contributed by atoms with Crippen LogP contribution in [0.3, 0.4) is 0 Å². The van der Waals surface area contributed by atoms with E-state index in [1.807, 2.05) is 43.0 Å². The Morgan fingerprint density at radius 1 is 1.35 bits per heavy atom. The molecule has 0 saturated carbocycles. The molecule has 1 fully saturated rings. The Kier molecular flexibility index (Phi) is 7.81. The molecule has 31 heavy (non-hydrogen) atoms. The number of hydrogen-bond acceptors (Lipinski definition) is 4. The van der Waals surface area contributed by atoms with Gasteiger partial charge in [-0.05, 0) is 42.7 Å². The highest BCUT2D eigenvalue weighted by Crippen LogP contribution is 2.20. The summed E-state index contributed by atoms with van der Waals surface area (Å²) in [5, 5.41) is 9.68. The molecule has 7 nitrogen and oxygen atoms in total. The number of pyridine rings is 1. The van der Waals surface area contributed by atoms with Gasteiger partial charge < -0.3 is 20.9 Å². The van der Waals surface area contributed by atoms with E-state index in [4.69, 9.17) is 0 Å². The van der Waals surface area contributed by atoms with Crippen LogP contribution in [0.2, 0.25) is 0 Å². The number of amides is 1. The van der Waals surface area contributed by atoms with E-state index in [0.717, 1.165) is 30.6 Å². The average Bonchev–Trinajstić information content (AvgIpc) is 3.24. The first-order chi connectivity index (χ1) is 15.0. The van der Waals surface area contributed by atoms with Crippen molar-refractivity contribution in [1.82, 2.24) is 15.6 Å². The molecule has 0 radical (unpaired) electrons. The summed E-state index contributed by atoms with van der Waals surface area (Å²) in [5.41, 5.74) is 1.82. The molecule has 1 saturated heterocycles. The van der Waals surface area contributed by atoms with Crippen molar-refractivity contribution in [3.63, 3.8) is 0 Å². The van der Waals surface area contributed by atoms with Gasteiger partial charge in [0.05, 0.1) is 0 Å². The molecule has 2 atom stereocenters. The zero-order valence-electron chi connectivity index (χ0n) is 18.4. The third-order valence-corrected chi connectivity index (χ3v) is 5.51. The van der Waals surface area contributed by atoms with Crippen LogP contribution in [0.5, 0.6) is 0 Å². The lowest BCUT2D eigenvalue weighted by Crippen LogP contribution is -2.44. The normalized spacial score (nSPS) is 17.4. The highest BCUT2D eigenvalue weighted by atomic mass is 19.1. The van der Waals surface area contributed by atoms with Crippen molar-refractivity contribution in [3.05, 3.63) is 54.0 Å². The predicted octanol–water partition coefficient (Wildman–Crippen LogP) is 3.15. The Bertz CT molecular complexity index is 918. The summed E-state index contributed by atoms with van der Waals surface area (Å²) in [4.78, 5) is 22.5. The van der Waals surface area contributed by atoms with Crippen LogP contribution < -0.4 is 20.9 Å². The van der Waals surface area contributed by atoms with Gasteiger partial charge in [0.2, 0.25) is 5.91 Å². The number of carbonyl (C=O) groups is 1. The van der Waals surface area contributed by atoms with Crippen molar-refractivity contribution in [1.29, 1.82) is 0 Å². The molecule has 2 unspecified atom stereocenters. The van der Waals surface area contributed by atoms with Crippen molar-refractivity contribution < 1.29 is 9.18 Å². The molecule has 1 aromatic heterocycles. The standard InChI is InChI=1S/C23H31FN6O/c1-4-16(2)22(31)28-18-8-5-7-17(13-18)14-27-23(25-3)29-19-10-12-30(15-19)21-20(24)9-6-11-26-21/h5-9,11,13,16,19H,4,10,12,14-15H2,1-3H3,(H,28,31)(H2,25,27,29). The smallest absolute Gasteiger partial charge is 0.227 e. The molecular weight excluding hydrogens is 395 g/mol. The zero-order valence-corrected chi connectivity index (χ0v) is 18.4. The van der Waals surface area contributed by atoms with Crippen molar-refractivity contribution in [2.75, 3.05) is 30.4 Å². The molecule has 0 aliphatic carbocycles. The van der Waals surface area contributed by atoms with Gasteiger partial charge in [0.1, 0.15) is 0 Å². The lowest BCUT2D eigenvalue weighted by Gasteiger charge is -2.20. The van der Waals surface area contributed by atoms with Crippen LogP contribution in [-0.2, 0) is 11.3 Å². The van der Waals surface area contributed by atoms with Crippen LogP contribution in [0.15, 0.2) is 47.6 Å². The number of nitrogens with zero attached hydrogens (tertiary/aromatic N) is 3. The minimum atomic E-state index is -0.300. The summed E-state index contributed by atoms with van der Waals surface area (Å²) >= 11 is 0. The Morgan fingerprint density at radius 3 is 2.94 bits per heavy atom. The second-order valence-electron chi connectivity index (χ2n) is 7.81. The molecule has 166 valence electrons. The molecule has 1 aliphatic rings. The largest absolute Gasteiger partial charge is 0.352 e. The quantitative estimate of drug-likeness (QED) is 0.468. The SMILES string of the molecule is CCC(C)C(=O)Nc1cccc(CNC(=NC)NC2CCN(c3ncccc3F)C2)c1. The molecule has 8 heteroatoms. The first kappa shape index (κ1) is 22.5. The van der Waals surface area contributed by atoms with Gasteiger partial charge in [-0.3, -0.25) is 9.79 Å². The van der Waals surface area contributed by atoms with E-state index >= 15 is 0 Å². The monoisotopic (exact) mass is 426 g/mol. The van der Waals surface area contributed by atoms with Crippen LogP contribution in [0.4, 0.5) is 15.9 Å². The second kappa shape index (κ2) is 10.7. The number of aliphatic imine (C=N–C) groups is 1. The highest BCUT2D eigenvalue weighted by molar-refractivity contribution is 5.92. The number of anilines is 2. The van der Waals surface area contributed by atoms with Crippen LogP contribution in [-0.4, -0.2) is 43.0 Å². The van der Waals surface area contributed by atoms with E-state index in [1.54, 1.807) is 19.3 Å². The molecule has 0 spiro atoms. The topological polar surface area (TPSA) is 81.6 Å². The fourth-order valence-corrected chi connectivity index (χ4v) is 3.46. The predicted molar refractivity (Wildman–Crippen MR) is 123 cm³/mol. The van der Waals surface area contributed by atoms with E-state index in [0.29, 0.717) is 24.9 Å². The van der Waals surface area contributed by atoms with Crippen molar-refractivity contribution in [2.45, 2.75) is 39.3 Å². The van der Waals surface area contributed by atoms with Crippen molar-refractivity contribution in [3.8, 4) is 0 Å². The summed E-state index contributed by atoms with van der Waals surface area (Å²) in [7, 11) is 1.73. The number of rotatable bonds is 7. The number of guanidine groups is 1. The van der Waals surface area contributed by atoms with Crippen LogP contribution in [0.25, 0.3) is 0 Å². The Hall–Kier alpha value is -3.16. The molecule has 1 amide bonds. The maximum absolute atomic E-state index is 14.0. The Morgan fingerprint density at radius 2 is 2.19 bits per heavy atom. The highest BCUT2D eigenvalue weighted by Gasteiger charge is 2.25. The summed E-state index contributed by atoms with van der Waals surface area (Å²) in [6.07, 6.45) is 3.29. The van der Waals surface area contributed by atoms with Crippen LogP contribution >= 0.6 is 0 Å². The third kappa shape index (κ3) is 6.16. The van der Waals surface area contributed by atoms with Crippen LogP contribution in [0, 0.1) is 11.7 Å². The van der Waals surface area contributed by atoms with Gasteiger partial charge in [0.25, 0.3) is 0 Å². The second-order valence-corrected chi connectivity index (χ2v) is 7.81.